The molecule has 6 nitrogen and oxygen atoms in total. The van der Waals surface area contributed by atoms with E-state index in [1.165, 1.54) is 40.5 Å². The van der Waals surface area contributed by atoms with Gasteiger partial charge in [0.25, 0.3) is 5.56 Å². The summed E-state index contributed by atoms with van der Waals surface area (Å²) < 4.78 is 1.38. The van der Waals surface area contributed by atoms with Crippen molar-refractivity contribution in [1.82, 2.24) is 14.9 Å². The molecule has 31 heavy (non-hydrogen) atoms. The highest BCUT2D eigenvalue weighted by atomic mass is 32.1. The van der Waals surface area contributed by atoms with Gasteiger partial charge in [0.05, 0.1) is 23.1 Å². The molecule has 4 rings (SSSR count). The zero-order valence-electron chi connectivity index (χ0n) is 17.2. The Balaban J connectivity index is 1.56. The first-order chi connectivity index (χ1) is 14.9. The molecule has 0 spiro atoms. The van der Waals surface area contributed by atoms with Crippen molar-refractivity contribution in [3.05, 3.63) is 74.5 Å². The molecule has 8 heteroatoms. The van der Waals surface area contributed by atoms with E-state index in [1.807, 2.05) is 43.3 Å². The van der Waals surface area contributed by atoms with Crippen molar-refractivity contribution in [2.45, 2.75) is 26.8 Å². The number of thiophene rings is 2. The van der Waals surface area contributed by atoms with E-state index in [0.717, 1.165) is 20.9 Å². The summed E-state index contributed by atoms with van der Waals surface area (Å²) in [5.41, 5.74) is 1.74. The smallest absolute Gasteiger partial charge is 0.262 e. The monoisotopic (exact) mass is 451 g/mol. The maximum atomic E-state index is 13.1. The van der Waals surface area contributed by atoms with Crippen molar-refractivity contribution in [1.29, 1.82) is 0 Å². The molecule has 0 fully saturated rings. The van der Waals surface area contributed by atoms with Crippen LogP contribution in [0.5, 0.6) is 0 Å². The number of amides is 1. The van der Waals surface area contributed by atoms with Crippen molar-refractivity contribution < 1.29 is 9.59 Å². The number of carbonyl (C=O) groups is 2. The van der Waals surface area contributed by atoms with Crippen molar-refractivity contribution in [3.63, 3.8) is 0 Å². The number of benzene rings is 1. The number of nitrogens with zero attached hydrogens (tertiary/aromatic N) is 2. The molecule has 3 aromatic heterocycles. The van der Waals surface area contributed by atoms with Crippen LogP contribution in [0.1, 0.15) is 27.0 Å². The average molecular weight is 452 g/mol. The molecule has 0 aliphatic carbocycles. The van der Waals surface area contributed by atoms with Gasteiger partial charge in [-0.1, -0.05) is 30.3 Å². The third-order valence-corrected chi connectivity index (χ3v) is 7.38. The summed E-state index contributed by atoms with van der Waals surface area (Å²) in [6.07, 6.45) is 2.12. The lowest BCUT2D eigenvalue weighted by atomic mass is 10.1. The average Bonchev–Trinajstić information content (AvgIpc) is 3.35. The fourth-order valence-corrected chi connectivity index (χ4v) is 5.48. The minimum Gasteiger partial charge on any atom is -0.356 e. The lowest BCUT2D eigenvalue weighted by Gasteiger charge is -2.04. The van der Waals surface area contributed by atoms with Crippen LogP contribution in [-0.4, -0.2) is 27.8 Å². The molecular formula is C23H21N3O3S2. The molecule has 3 heterocycles. The standard InChI is InChI=1S/C23H21N3O3S2/c1-14-20-22(31-21(14)16-6-4-3-5-7-16)25-13-26(23(20)29)12-18(28)19-9-8-17(30-19)10-11-24-15(2)27/h3-9,13H,10-12H2,1-2H3,(H,24,27). The second kappa shape index (κ2) is 8.95. The summed E-state index contributed by atoms with van der Waals surface area (Å²) in [7, 11) is 0. The van der Waals surface area contributed by atoms with Crippen LogP contribution in [0.25, 0.3) is 20.7 Å². The highest BCUT2D eigenvalue weighted by molar-refractivity contribution is 7.22. The van der Waals surface area contributed by atoms with Crippen LogP contribution in [0.2, 0.25) is 0 Å². The number of rotatable bonds is 7. The van der Waals surface area contributed by atoms with E-state index >= 15 is 0 Å². The van der Waals surface area contributed by atoms with Crippen molar-refractivity contribution in [2.24, 2.45) is 0 Å². The highest BCUT2D eigenvalue weighted by Gasteiger charge is 2.17. The van der Waals surface area contributed by atoms with Crippen molar-refractivity contribution in [3.8, 4) is 10.4 Å². The molecule has 0 bridgehead atoms. The van der Waals surface area contributed by atoms with E-state index in [0.29, 0.717) is 28.1 Å². The van der Waals surface area contributed by atoms with Crippen LogP contribution < -0.4 is 10.9 Å². The summed E-state index contributed by atoms with van der Waals surface area (Å²) in [4.78, 5) is 44.6. The number of hydrogen-bond acceptors (Lipinski definition) is 6. The van der Waals surface area contributed by atoms with E-state index in [9.17, 15) is 14.4 Å². The first kappa shape index (κ1) is 21.1. The fourth-order valence-electron chi connectivity index (χ4n) is 3.39. The van der Waals surface area contributed by atoms with Gasteiger partial charge < -0.3 is 5.32 Å². The van der Waals surface area contributed by atoms with E-state index < -0.39 is 0 Å². The van der Waals surface area contributed by atoms with E-state index in [1.54, 1.807) is 6.07 Å². The summed E-state index contributed by atoms with van der Waals surface area (Å²) in [5.74, 6) is -0.204. The molecule has 0 saturated heterocycles. The molecule has 1 aromatic carbocycles. The number of carbonyl (C=O) groups excluding carboxylic acids is 2. The largest absolute Gasteiger partial charge is 0.356 e. The SMILES string of the molecule is CC(=O)NCCc1ccc(C(=O)Cn2cnc3sc(-c4ccccc4)c(C)c3c2=O)s1. The molecule has 1 amide bonds. The number of nitrogens with one attached hydrogen (secondary N) is 1. The van der Waals surface area contributed by atoms with Gasteiger partial charge in [0, 0.05) is 23.2 Å². The molecule has 0 unspecified atom stereocenters. The molecule has 4 aromatic rings. The fraction of sp³-hybridized carbons (Fsp3) is 0.217. The quantitative estimate of drug-likeness (QED) is 0.430. The van der Waals surface area contributed by atoms with Crippen LogP contribution in [0.15, 0.2) is 53.6 Å². The Kier molecular flexibility index (Phi) is 6.11. The van der Waals surface area contributed by atoms with E-state index in [2.05, 4.69) is 10.3 Å². The van der Waals surface area contributed by atoms with Gasteiger partial charge in [-0.3, -0.25) is 19.0 Å². The van der Waals surface area contributed by atoms with Crippen molar-refractivity contribution >= 4 is 44.6 Å². The van der Waals surface area contributed by atoms with Gasteiger partial charge in [-0.2, -0.15) is 0 Å². The van der Waals surface area contributed by atoms with Gasteiger partial charge in [-0.05, 0) is 36.6 Å². The van der Waals surface area contributed by atoms with Gasteiger partial charge >= 0.3 is 0 Å². The molecule has 0 aliphatic heterocycles. The lowest BCUT2D eigenvalue weighted by molar-refractivity contribution is -0.118. The van der Waals surface area contributed by atoms with Gasteiger partial charge in [-0.15, -0.1) is 22.7 Å². The maximum Gasteiger partial charge on any atom is 0.262 e. The molecule has 0 atom stereocenters. The highest BCUT2D eigenvalue weighted by Crippen LogP contribution is 2.35. The van der Waals surface area contributed by atoms with Crippen LogP contribution in [-0.2, 0) is 17.8 Å². The number of aryl methyl sites for hydroxylation is 1. The summed E-state index contributed by atoms with van der Waals surface area (Å²) in [6, 6.07) is 13.6. The predicted molar refractivity (Wildman–Crippen MR) is 125 cm³/mol. The molecule has 1 N–H and O–H groups in total. The first-order valence-corrected chi connectivity index (χ1v) is 11.5. The normalized spacial score (nSPS) is 11.0. The second-order valence-corrected chi connectivity index (χ2v) is 9.37. The third-order valence-electron chi connectivity index (χ3n) is 4.95. The Morgan fingerprint density at radius 2 is 1.87 bits per heavy atom. The van der Waals surface area contributed by atoms with Crippen LogP contribution >= 0.6 is 22.7 Å². The molecule has 0 radical (unpaired) electrons. The Morgan fingerprint density at radius 3 is 2.61 bits per heavy atom. The number of hydrogen-bond donors (Lipinski definition) is 1. The van der Waals surface area contributed by atoms with Gasteiger partial charge in [0.2, 0.25) is 5.91 Å². The number of ketones is 1. The zero-order chi connectivity index (χ0) is 22.0. The number of Topliss-reactive ketones (excluding diaryl/α,β-unsaturated/α-hetero) is 1. The van der Waals surface area contributed by atoms with Crippen LogP contribution in [0.4, 0.5) is 0 Å². The Morgan fingerprint density at radius 1 is 1.10 bits per heavy atom. The van der Waals surface area contributed by atoms with Gasteiger partial charge in [-0.25, -0.2) is 4.98 Å². The first-order valence-electron chi connectivity index (χ1n) is 9.84. The minimum absolute atomic E-state index is 0.0522. The minimum atomic E-state index is -0.197. The van der Waals surface area contributed by atoms with Gasteiger partial charge in [0.15, 0.2) is 5.78 Å². The Labute approximate surface area is 187 Å². The summed E-state index contributed by atoms with van der Waals surface area (Å²) in [5, 5.41) is 3.32. The van der Waals surface area contributed by atoms with Gasteiger partial charge in [0.1, 0.15) is 4.83 Å². The predicted octanol–water partition coefficient (Wildman–Crippen LogP) is 4.06. The maximum absolute atomic E-state index is 13.1. The Bertz CT molecular complexity index is 1320. The summed E-state index contributed by atoms with van der Waals surface area (Å²) >= 11 is 2.88. The van der Waals surface area contributed by atoms with E-state index in [-0.39, 0.29) is 23.8 Å². The topological polar surface area (TPSA) is 81.1 Å². The third kappa shape index (κ3) is 4.50. The molecule has 0 saturated carbocycles. The zero-order valence-corrected chi connectivity index (χ0v) is 18.8. The molecular weight excluding hydrogens is 430 g/mol. The Hall–Kier alpha value is -3.10. The lowest BCUT2D eigenvalue weighted by Crippen LogP contribution is -2.24. The molecule has 0 aliphatic rings. The van der Waals surface area contributed by atoms with Crippen LogP contribution in [0.3, 0.4) is 0 Å². The van der Waals surface area contributed by atoms with Crippen LogP contribution in [0, 0.1) is 6.92 Å². The second-order valence-electron chi connectivity index (χ2n) is 7.20. The number of fused-ring (bicyclic) bond motifs is 1. The van der Waals surface area contributed by atoms with E-state index in [4.69, 9.17) is 0 Å². The summed E-state index contributed by atoms with van der Waals surface area (Å²) in [6.45, 7) is 3.88. The molecule has 158 valence electrons. The number of aromatic nitrogens is 2. The van der Waals surface area contributed by atoms with Crippen molar-refractivity contribution in [2.75, 3.05) is 6.54 Å².